The van der Waals surface area contributed by atoms with E-state index in [2.05, 4.69) is 4.98 Å². The standard InChI is InChI=1S/C17H11NO4/c1-8-7-9(2)18-16-12(8)14(19)13-15(22-16)10-5-3-4-6-11(10)21-17(13)20/h3-7H,1-2H3. The van der Waals surface area contributed by atoms with Crippen molar-refractivity contribution in [1.29, 1.82) is 0 Å². The molecule has 4 aromatic rings. The molecular weight excluding hydrogens is 282 g/mol. The first kappa shape index (κ1) is 12.8. The molecule has 0 radical (unpaired) electrons. The van der Waals surface area contributed by atoms with Crippen molar-refractivity contribution in [2.24, 2.45) is 0 Å². The molecule has 0 fully saturated rings. The van der Waals surface area contributed by atoms with E-state index in [1.54, 1.807) is 37.3 Å². The minimum absolute atomic E-state index is 0.0695. The summed E-state index contributed by atoms with van der Waals surface area (Å²) in [5.74, 6) is 0. The molecule has 0 spiro atoms. The van der Waals surface area contributed by atoms with Gasteiger partial charge >= 0.3 is 5.63 Å². The molecule has 0 aliphatic heterocycles. The minimum atomic E-state index is -0.690. The summed E-state index contributed by atoms with van der Waals surface area (Å²) in [5, 5.41) is 0.831. The number of aromatic nitrogens is 1. The maximum atomic E-state index is 12.7. The second kappa shape index (κ2) is 4.27. The van der Waals surface area contributed by atoms with Gasteiger partial charge in [0, 0.05) is 5.69 Å². The lowest BCUT2D eigenvalue weighted by Gasteiger charge is -2.05. The summed E-state index contributed by atoms with van der Waals surface area (Å²) in [6, 6.07) is 8.74. The Morgan fingerprint density at radius 1 is 1.00 bits per heavy atom. The predicted octanol–water partition coefficient (Wildman–Crippen LogP) is 3.06. The van der Waals surface area contributed by atoms with Crippen LogP contribution in [0.1, 0.15) is 11.3 Å². The van der Waals surface area contributed by atoms with Crippen molar-refractivity contribution in [3.63, 3.8) is 0 Å². The smallest absolute Gasteiger partial charge is 0.351 e. The van der Waals surface area contributed by atoms with Crippen LogP contribution in [0.5, 0.6) is 0 Å². The largest absolute Gasteiger partial charge is 0.436 e. The Kier molecular flexibility index (Phi) is 2.48. The number of pyridine rings is 1. The Balaban J connectivity index is 2.41. The van der Waals surface area contributed by atoms with E-state index in [-0.39, 0.29) is 16.7 Å². The summed E-state index contributed by atoms with van der Waals surface area (Å²) in [5.41, 5.74) is 1.23. The Morgan fingerprint density at radius 3 is 2.59 bits per heavy atom. The number of nitrogens with zero attached hydrogens (tertiary/aromatic N) is 1. The Morgan fingerprint density at radius 2 is 1.77 bits per heavy atom. The van der Waals surface area contributed by atoms with Crippen LogP contribution >= 0.6 is 0 Å². The zero-order chi connectivity index (χ0) is 15.4. The van der Waals surface area contributed by atoms with Gasteiger partial charge in [-0.05, 0) is 37.6 Å². The third-order valence-corrected chi connectivity index (χ3v) is 3.73. The van der Waals surface area contributed by atoms with Crippen molar-refractivity contribution in [1.82, 2.24) is 4.98 Å². The number of hydrogen-bond acceptors (Lipinski definition) is 5. The van der Waals surface area contributed by atoms with Crippen LogP contribution in [0.25, 0.3) is 33.0 Å². The fourth-order valence-corrected chi connectivity index (χ4v) is 2.80. The zero-order valence-electron chi connectivity index (χ0n) is 12.0. The van der Waals surface area contributed by atoms with Gasteiger partial charge in [-0.25, -0.2) is 9.78 Å². The molecule has 0 unspecified atom stereocenters. The van der Waals surface area contributed by atoms with E-state index in [4.69, 9.17) is 8.83 Å². The highest BCUT2D eigenvalue weighted by molar-refractivity contribution is 6.03. The normalized spacial score (nSPS) is 11.5. The molecule has 108 valence electrons. The summed E-state index contributed by atoms with van der Waals surface area (Å²) >= 11 is 0. The van der Waals surface area contributed by atoms with Crippen LogP contribution in [0.15, 0.2) is 48.8 Å². The van der Waals surface area contributed by atoms with Crippen molar-refractivity contribution in [2.75, 3.05) is 0 Å². The maximum Gasteiger partial charge on any atom is 0.351 e. The molecular formula is C17H11NO4. The molecule has 0 saturated carbocycles. The van der Waals surface area contributed by atoms with Crippen LogP contribution in [0, 0.1) is 13.8 Å². The molecule has 0 N–H and O–H groups in total. The van der Waals surface area contributed by atoms with Crippen molar-refractivity contribution in [3.05, 3.63) is 62.2 Å². The average Bonchev–Trinajstić information content (AvgIpc) is 2.46. The molecule has 0 atom stereocenters. The molecule has 0 bridgehead atoms. The van der Waals surface area contributed by atoms with E-state index >= 15 is 0 Å². The van der Waals surface area contributed by atoms with Gasteiger partial charge in [0.15, 0.2) is 11.0 Å². The molecule has 0 aliphatic carbocycles. The number of para-hydroxylation sites is 1. The van der Waals surface area contributed by atoms with Crippen LogP contribution in [-0.4, -0.2) is 4.98 Å². The van der Waals surface area contributed by atoms with Gasteiger partial charge in [-0.2, -0.15) is 0 Å². The third kappa shape index (κ3) is 1.62. The molecule has 0 aliphatic rings. The molecule has 4 rings (SSSR count). The van der Waals surface area contributed by atoms with Gasteiger partial charge in [0.1, 0.15) is 5.58 Å². The van der Waals surface area contributed by atoms with E-state index in [1.165, 1.54) is 0 Å². The number of benzene rings is 1. The van der Waals surface area contributed by atoms with Crippen molar-refractivity contribution < 1.29 is 8.83 Å². The molecule has 0 saturated heterocycles. The minimum Gasteiger partial charge on any atom is -0.436 e. The topological polar surface area (TPSA) is 73.3 Å². The summed E-state index contributed by atoms with van der Waals surface area (Å²) in [4.78, 5) is 29.2. The molecule has 3 heterocycles. The average molecular weight is 293 g/mol. The van der Waals surface area contributed by atoms with Crippen molar-refractivity contribution in [3.8, 4) is 0 Å². The first-order valence-corrected chi connectivity index (χ1v) is 6.83. The van der Waals surface area contributed by atoms with Crippen molar-refractivity contribution >= 4 is 33.0 Å². The molecule has 3 aromatic heterocycles. The van der Waals surface area contributed by atoms with Gasteiger partial charge in [-0.15, -0.1) is 0 Å². The van der Waals surface area contributed by atoms with Crippen molar-refractivity contribution in [2.45, 2.75) is 13.8 Å². The maximum absolute atomic E-state index is 12.7. The van der Waals surface area contributed by atoms with Crippen LogP contribution < -0.4 is 11.1 Å². The number of aryl methyl sites for hydroxylation is 2. The lowest BCUT2D eigenvalue weighted by atomic mass is 10.1. The molecule has 22 heavy (non-hydrogen) atoms. The summed E-state index contributed by atoms with van der Waals surface area (Å²) in [7, 11) is 0. The molecule has 1 aromatic carbocycles. The second-order valence-electron chi connectivity index (χ2n) is 5.28. The van der Waals surface area contributed by atoms with Gasteiger partial charge in [0.25, 0.3) is 0 Å². The molecule has 5 heteroatoms. The number of rotatable bonds is 0. The fraction of sp³-hybridized carbons (Fsp3) is 0.118. The molecule has 5 nitrogen and oxygen atoms in total. The van der Waals surface area contributed by atoms with E-state index in [1.807, 2.05) is 6.92 Å². The van der Waals surface area contributed by atoms with E-state index < -0.39 is 11.1 Å². The first-order chi connectivity index (χ1) is 10.6. The zero-order valence-corrected chi connectivity index (χ0v) is 12.0. The predicted molar refractivity (Wildman–Crippen MR) is 83.3 cm³/mol. The summed E-state index contributed by atoms with van der Waals surface area (Å²) in [6.45, 7) is 3.62. The van der Waals surface area contributed by atoms with Crippen LogP contribution in [0.4, 0.5) is 0 Å². The molecule has 0 amide bonds. The fourth-order valence-electron chi connectivity index (χ4n) is 2.80. The van der Waals surface area contributed by atoms with Gasteiger partial charge < -0.3 is 8.83 Å². The highest BCUT2D eigenvalue weighted by Crippen LogP contribution is 2.25. The number of fused-ring (bicyclic) bond motifs is 4. The quantitative estimate of drug-likeness (QED) is 0.283. The third-order valence-electron chi connectivity index (χ3n) is 3.73. The SMILES string of the molecule is Cc1cc(C)c2c(=O)c3c(=O)oc4ccccc4c3oc2n1. The second-order valence-corrected chi connectivity index (χ2v) is 5.28. The lowest BCUT2D eigenvalue weighted by Crippen LogP contribution is -2.14. The Labute approximate surface area is 123 Å². The Hall–Kier alpha value is -2.95. The highest BCUT2D eigenvalue weighted by atomic mass is 16.4. The van der Waals surface area contributed by atoms with E-state index in [0.717, 1.165) is 11.3 Å². The monoisotopic (exact) mass is 293 g/mol. The summed E-state index contributed by atoms with van der Waals surface area (Å²) < 4.78 is 11.0. The van der Waals surface area contributed by atoms with Gasteiger partial charge in [-0.3, -0.25) is 4.79 Å². The van der Waals surface area contributed by atoms with Crippen LogP contribution in [0.2, 0.25) is 0 Å². The van der Waals surface area contributed by atoms with Gasteiger partial charge in [0.2, 0.25) is 11.1 Å². The first-order valence-electron chi connectivity index (χ1n) is 6.83. The number of hydrogen-bond donors (Lipinski definition) is 0. The van der Waals surface area contributed by atoms with E-state index in [0.29, 0.717) is 16.4 Å². The Bertz CT molecular complexity index is 1180. The lowest BCUT2D eigenvalue weighted by molar-refractivity contribution is 0.562. The van der Waals surface area contributed by atoms with E-state index in [9.17, 15) is 9.59 Å². The van der Waals surface area contributed by atoms with Gasteiger partial charge in [0.05, 0.1) is 10.8 Å². The van der Waals surface area contributed by atoms with Gasteiger partial charge in [-0.1, -0.05) is 12.1 Å². The van der Waals surface area contributed by atoms with Crippen LogP contribution in [-0.2, 0) is 0 Å². The highest BCUT2D eigenvalue weighted by Gasteiger charge is 2.18. The summed E-state index contributed by atoms with van der Waals surface area (Å²) in [6.07, 6.45) is 0. The van der Waals surface area contributed by atoms with Crippen LogP contribution in [0.3, 0.4) is 0 Å².